The summed E-state index contributed by atoms with van der Waals surface area (Å²) in [5, 5.41) is 0. The highest BCUT2D eigenvalue weighted by molar-refractivity contribution is 5.81. The van der Waals surface area contributed by atoms with Crippen LogP contribution in [-0.4, -0.2) is 29.7 Å². The first-order valence-corrected chi connectivity index (χ1v) is 10.6. The summed E-state index contributed by atoms with van der Waals surface area (Å²) in [6, 6.07) is 26.8. The smallest absolute Gasteiger partial charge is 0.343 e. The zero-order valence-corrected chi connectivity index (χ0v) is 18.3. The SMILES string of the molecule is COC(=O)COc1ccc(-c2ocnc2-c2nc(-c3ccccc3)c(-c3ccccc3)o2)cc1. The van der Waals surface area contributed by atoms with Crippen molar-refractivity contribution in [2.24, 2.45) is 0 Å². The summed E-state index contributed by atoms with van der Waals surface area (Å²) in [6.07, 6.45) is 1.36. The van der Waals surface area contributed by atoms with E-state index in [0.717, 1.165) is 22.4 Å². The van der Waals surface area contributed by atoms with Crippen molar-refractivity contribution in [2.75, 3.05) is 13.7 Å². The van der Waals surface area contributed by atoms with Crippen molar-refractivity contribution in [2.45, 2.75) is 0 Å². The van der Waals surface area contributed by atoms with Gasteiger partial charge in [-0.1, -0.05) is 60.7 Å². The average Bonchev–Trinajstić information content (AvgIpc) is 3.56. The molecule has 0 radical (unpaired) electrons. The highest BCUT2D eigenvalue weighted by atomic mass is 16.6. The second-order valence-electron chi connectivity index (χ2n) is 7.35. The van der Waals surface area contributed by atoms with E-state index in [2.05, 4.69) is 9.72 Å². The van der Waals surface area contributed by atoms with Gasteiger partial charge in [0.15, 0.2) is 30.2 Å². The number of methoxy groups -OCH3 is 1. The number of rotatable bonds is 7. The first-order chi connectivity index (χ1) is 16.7. The molecule has 2 heterocycles. The van der Waals surface area contributed by atoms with Crippen LogP contribution in [0, 0.1) is 0 Å². The first-order valence-electron chi connectivity index (χ1n) is 10.6. The van der Waals surface area contributed by atoms with Gasteiger partial charge in [0.25, 0.3) is 0 Å². The van der Waals surface area contributed by atoms with Crippen LogP contribution in [0.2, 0.25) is 0 Å². The fourth-order valence-corrected chi connectivity index (χ4v) is 3.51. The molecule has 7 nitrogen and oxygen atoms in total. The van der Waals surface area contributed by atoms with Crippen molar-refractivity contribution in [3.05, 3.63) is 91.3 Å². The average molecular weight is 452 g/mol. The lowest BCUT2D eigenvalue weighted by Gasteiger charge is -2.05. The van der Waals surface area contributed by atoms with E-state index in [1.807, 2.05) is 72.8 Å². The first kappa shape index (κ1) is 21.2. The van der Waals surface area contributed by atoms with Crippen molar-refractivity contribution < 1.29 is 23.1 Å². The van der Waals surface area contributed by atoms with E-state index in [4.69, 9.17) is 18.6 Å². The Labute approximate surface area is 195 Å². The van der Waals surface area contributed by atoms with E-state index in [1.165, 1.54) is 13.5 Å². The van der Waals surface area contributed by atoms with Crippen molar-refractivity contribution in [3.63, 3.8) is 0 Å². The standard InChI is InChI=1S/C27H20N2O5/c1-31-22(30)16-32-21-14-12-20(13-15-21)25-24(28-17-33-25)27-29-23(18-8-4-2-5-9-18)26(34-27)19-10-6-3-7-11-19/h2-15,17H,16H2,1H3. The van der Waals surface area contributed by atoms with E-state index in [1.54, 1.807) is 12.1 Å². The van der Waals surface area contributed by atoms with Gasteiger partial charge in [0.1, 0.15) is 11.4 Å². The number of carbonyl (C=O) groups excluding carboxylic acids is 1. The number of aromatic nitrogens is 2. The third-order valence-corrected chi connectivity index (χ3v) is 5.18. The highest BCUT2D eigenvalue weighted by Crippen LogP contribution is 2.38. The van der Waals surface area contributed by atoms with Crippen LogP contribution >= 0.6 is 0 Å². The summed E-state index contributed by atoms with van der Waals surface area (Å²) < 4.78 is 21.9. The molecule has 5 aromatic rings. The molecule has 168 valence electrons. The molecule has 0 aliphatic rings. The lowest BCUT2D eigenvalue weighted by atomic mass is 10.1. The quantitative estimate of drug-likeness (QED) is 0.285. The number of nitrogens with zero attached hydrogens (tertiary/aromatic N) is 2. The van der Waals surface area contributed by atoms with Crippen molar-refractivity contribution in [3.8, 4) is 51.2 Å². The fourth-order valence-electron chi connectivity index (χ4n) is 3.51. The Morgan fingerprint density at radius 1 is 0.794 bits per heavy atom. The minimum absolute atomic E-state index is 0.162. The minimum Gasteiger partial charge on any atom is -0.482 e. The Hall–Kier alpha value is -4.65. The van der Waals surface area contributed by atoms with Gasteiger partial charge in [0.2, 0.25) is 5.89 Å². The zero-order chi connectivity index (χ0) is 23.3. The van der Waals surface area contributed by atoms with Crippen LogP contribution in [0.4, 0.5) is 0 Å². The zero-order valence-electron chi connectivity index (χ0n) is 18.3. The lowest BCUT2D eigenvalue weighted by Crippen LogP contribution is -2.12. The molecule has 7 heteroatoms. The molecule has 0 saturated carbocycles. The molecule has 5 rings (SSSR count). The van der Waals surface area contributed by atoms with E-state index in [0.29, 0.717) is 28.9 Å². The largest absolute Gasteiger partial charge is 0.482 e. The van der Waals surface area contributed by atoms with Crippen molar-refractivity contribution in [1.29, 1.82) is 0 Å². The number of hydrogen-bond donors (Lipinski definition) is 0. The van der Waals surface area contributed by atoms with Crippen LogP contribution in [0.5, 0.6) is 5.75 Å². The molecule has 3 aromatic carbocycles. The van der Waals surface area contributed by atoms with Crippen LogP contribution in [0.3, 0.4) is 0 Å². The predicted octanol–water partition coefficient (Wildman–Crippen LogP) is 5.88. The minimum atomic E-state index is -0.450. The van der Waals surface area contributed by atoms with Crippen LogP contribution < -0.4 is 4.74 Å². The normalized spacial score (nSPS) is 10.7. The van der Waals surface area contributed by atoms with Crippen LogP contribution in [0.15, 0.2) is 100 Å². The fraction of sp³-hybridized carbons (Fsp3) is 0.0741. The molecular weight excluding hydrogens is 432 g/mol. The van der Waals surface area contributed by atoms with Gasteiger partial charge in [0, 0.05) is 16.7 Å². The molecule has 0 spiro atoms. The molecule has 0 aliphatic carbocycles. The predicted molar refractivity (Wildman–Crippen MR) is 126 cm³/mol. The second-order valence-corrected chi connectivity index (χ2v) is 7.35. The third-order valence-electron chi connectivity index (χ3n) is 5.18. The van der Waals surface area contributed by atoms with Gasteiger partial charge in [-0.05, 0) is 24.3 Å². The highest BCUT2D eigenvalue weighted by Gasteiger charge is 2.23. The van der Waals surface area contributed by atoms with Gasteiger partial charge in [-0.2, -0.15) is 0 Å². The number of oxazole rings is 2. The van der Waals surface area contributed by atoms with E-state index >= 15 is 0 Å². The Morgan fingerprint density at radius 3 is 2.12 bits per heavy atom. The Morgan fingerprint density at radius 2 is 1.44 bits per heavy atom. The molecule has 34 heavy (non-hydrogen) atoms. The molecule has 0 atom stereocenters. The lowest BCUT2D eigenvalue weighted by molar-refractivity contribution is -0.142. The summed E-state index contributed by atoms with van der Waals surface area (Å²) in [4.78, 5) is 20.5. The summed E-state index contributed by atoms with van der Waals surface area (Å²) in [5.74, 6) is 1.60. The number of hydrogen-bond acceptors (Lipinski definition) is 7. The maximum atomic E-state index is 11.3. The maximum absolute atomic E-state index is 11.3. The molecule has 0 aliphatic heterocycles. The Balaban J connectivity index is 1.51. The summed E-state index contributed by atoms with van der Waals surface area (Å²) in [7, 11) is 1.31. The topological polar surface area (TPSA) is 87.6 Å². The van der Waals surface area contributed by atoms with Gasteiger partial charge < -0.3 is 18.3 Å². The monoisotopic (exact) mass is 452 g/mol. The molecule has 2 aromatic heterocycles. The van der Waals surface area contributed by atoms with Gasteiger partial charge in [-0.3, -0.25) is 0 Å². The number of ether oxygens (including phenoxy) is 2. The number of carbonyl (C=O) groups is 1. The van der Waals surface area contributed by atoms with E-state index in [-0.39, 0.29) is 6.61 Å². The van der Waals surface area contributed by atoms with Crippen molar-refractivity contribution in [1.82, 2.24) is 9.97 Å². The number of esters is 1. The van der Waals surface area contributed by atoms with Gasteiger partial charge in [-0.25, -0.2) is 14.8 Å². The Bertz CT molecular complexity index is 1330. The molecule has 0 N–H and O–H groups in total. The Kier molecular flexibility index (Phi) is 5.90. The van der Waals surface area contributed by atoms with Crippen LogP contribution in [0.1, 0.15) is 0 Å². The summed E-state index contributed by atoms with van der Waals surface area (Å²) in [5.41, 5.74) is 3.83. The van der Waals surface area contributed by atoms with Gasteiger partial charge in [0.05, 0.1) is 7.11 Å². The third kappa shape index (κ3) is 4.31. The van der Waals surface area contributed by atoms with Gasteiger partial charge >= 0.3 is 5.97 Å². The molecular formula is C27H20N2O5. The van der Waals surface area contributed by atoms with Crippen LogP contribution in [0.25, 0.3) is 45.5 Å². The number of benzene rings is 3. The maximum Gasteiger partial charge on any atom is 0.343 e. The summed E-state index contributed by atoms with van der Waals surface area (Å²) >= 11 is 0. The van der Waals surface area contributed by atoms with E-state index < -0.39 is 5.97 Å². The molecule has 0 saturated heterocycles. The van der Waals surface area contributed by atoms with Crippen molar-refractivity contribution >= 4 is 5.97 Å². The summed E-state index contributed by atoms with van der Waals surface area (Å²) in [6.45, 7) is -0.162. The second kappa shape index (κ2) is 9.46. The molecule has 0 amide bonds. The molecule has 0 fully saturated rings. The van der Waals surface area contributed by atoms with Gasteiger partial charge in [-0.15, -0.1) is 0 Å². The van der Waals surface area contributed by atoms with Crippen LogP contribution in [-0.2, 0) is 9.53 Å². The van der Waals surface area contributed by atoms with E-state index in [9.17, 15) is 4.79 Å². The molecule has 0 bridgehead atoms. The molecule has 0 unspecified atom stereocenters.